The van der Waals surface area contributed by atoms with Crippen LogP contribution < -0.4 is 15.8 Å². The Balaban J connectivity index is 1.41. The predicted molar refractivity (Wildman–Crippen MR) is 188 cm³/mol. The highest BCUT2D eigenvalue weighted by Crippen LogP contribution is 2.36. The molecule has 1 aromatic heterocycles. The third kappa shape index (κ3) is 8.43. The number of aromatic nitrogens is 2. The fourth-order valence-corrected chi connectivity index (χ4v) is 5.77. The Bertz CT molecular complexity index is 1610. The highest BCUT2D eigenvalue weighted by atomic mass is 19.1. The number of nitrogens with one attached hydrogen (secondary N) is 1. The Morgan fingerprint density at radius 2 is 1.98 bits per heavy atom. The first-order chi connectivity index (χ1) is 22.3. The molecule has 242 valence electrons. The van der Waals surface area contributed by atoms with Crippen LogP contribution in [-0.4, -0.2) is 47.0 Å². The van der Waals surface area contributed by atoms with E-state index >= 15 is 0 Å². The lowest BCUT2D eigenvalue weighted by Gasteiger charge is -2.24. The number of methoxy groups -OCH3 is 1. The SMILES string of the molecule is CCCCN(/C=C1\CCc2nc(-c3ccc(F)cc3)c(/C(N)=C/C=N\C(C)NCc3ccc(OC)cc3)n21)CC1=CCC(C)C=C1. The van der Waals surface area contributed by atoms with E-state index in [0.29, 0.717) is 18.2 Å². The Kier molecular flexibility index (Phi) is 11.3. The number of ether oxygens (including phenoxy) is 1. The molecule has 2 atom stereocenters. The lowest BCUT2D eigenvalue weighted by Crippen LogP contribution is -2.23. The van der Waals surface area contributed by atoms with E-state index in [-0.39, 0.29) is 12.0 Å². The molecule has 0 saturated carbocycles. The van der Waals surface area contributed by atoms with Crippen molar-refractivity contribution >= 4 is 17.6 Å². The molecule has 7 nitrogen and oxygen atoms in total. The zero-order valence-corrected chi connectivity index (χ0v) is 27.5. The number of fused-ring (bicyclic) bond motifs is 1. The second-order valence-corrected chi connectivity index (χ2v) is 12.2. The van der Waals surface area contributed by atoms with Crippen LogP contribution in [0, 0.1) is 11.7 Å². The fourth-order valence-electron chi connectivity index (χ4n) is 5.77. The first kappa shape index (κ1) is 32.9. The van der Waals surface area contributed by atoms with Crippen LogP contribution in [0.5, 0.6) is 5.75 Å². The molecule has 2 aliphatic rings. The second-order valence-electron chi connectivity index (χ2n) is 12.2. The molecule has 0 amide bonds. The van der Waals surface area contributed by atoms with Crippen LogP contribution >= 0.6 is 0 Å². The number of benzene rings is 2. The van der Waals surface area contributed by atoms with Gasteiger partial charge in [-0.1, -0.05) is 50.6 Å². The van der Waals surface area contributed by atoms with Crippen molar-refractivity contribution in [2.75, 3.05) is 20.2 Å². The predicted octanol–water partition coefficient (Wildman–Crippen LogP) is 7.57. The zero-order chi connectivity index (χ0) is 32.5. The summed E-state index contributed by atoms with van der Waals surface area (Å²) in [7, 11) is 1.66. The maximum absolute atomic E-state index is 13.9. The highest BCUT2D eigenvalue weighted by molar-refractivity contribution is 5.88. The van der Waals surface area contributed by atoms with Crippen LogP contribution in [0.4, 0.5) is 4.39 Å². The molecular weight excluding hydrogens is 575 g/mol. The van der Waals surface area contributed by atoms with Gasteiger partial charge in [0.15, 0.2) is 0 Å². The molecular formula is C38H47FN6O. The van der Waals surface area contributed by atoms with Gasteiger partial charge in [0.1, 0.15) is 17.4 Å². The van der Waals surface area contributed by atoms with Crippen molar-refractivity contribution in [3.63, 3.8) is 0 Å². The average molecular weight is 623 g/mol. The van der Waals surface area contributed by atoms with Crippen LogP contribution in [0.1, 0.15) is 63.5 Å². The van der Waals surface area contributed by atoms with Gasteiger partial charge in [-0.3, -0.25) is 14.9 Å². The van der Waals surface area contributed by atoms with Crippen molar-refractivity contribution in [2.45, 2.75) is 65.6 Å². The van der Waals surface area contributed by atoms with E-state index in [1.807, 2.05) is 37.3 Å². The monoisotopic (exact) mass is 622 g/mol. The van der Waals surface area contributed by atoms with Gasteiger partial charge in [-0.25, -0.2) is 9.37 Å². The van der Waals surface area contributed by atoms with E-state index in [1.54, 1.807) is 25.5 Å². The summed E-state index contributed by atoms with van der Waals surface area (Å²) in [6.07, 6.45) is 17.7. The summed E-state index contributed by atoms with van der Waals surface area (Å²) in [5.74, 6) is 2.11. The molecule has 5 rings (SSSR count). The van der Waals surface area contributed by atoms with E-state index in [1.165, 1.54) is 23.4 Å². The Hall–Kier alpha value is -4.43. The third-order valence-corrected chi connectivity index (χ3v) is 8.46. The van der Waals surface area contributed by atoms with Gasteiger partial charge in [0.05, 0.1) is 30.4 Å². The largest absolute Gasteiger partial charge is 0.497 e. The Morgan fingerprint density at radius 3 is 2.67 bits per heavy atom. The van der Waals surface area contributed by atoms with Crippen LogP contribution in [0.3, 0.4) is 0 Å². The number of aliphatic imine (C=N–C) groups is 1. The van der Waals surface area contributed by atoms with Crippen molar-refractivity contribution in [3.05, 3.63) is 108 Å². The average Bonchev–Trinajstić information content (AvgIpc) is 3.64. The van der Waals surface area contributed by atoms with Crippen molar-refractivity contribution in [1.29, 1.82) is 0 Å². The number of halogens is 1. The normalized spacial score (nSPS) is 17.8. The van der Waals surface area contributed by atoms with Crippen molar-refractivity contribution < 1.29 is 9.13 Å². The molecule has 0 saturated heterocycles. The van der Waals surface area contributed by atoms with E-state index in [9.17, 15) is 4.39 Å². The molecule has 46 heavy (non-hydrogen) atoms. The van der Waals surface area contributed by atoms with E-state index < -0.39 is 0 Å². The molecule has 3 N–H and O–H groups in total. The van der Waals surface area contributed by atoms with Gasteiger partial charge in [-0.2, -0.15) is 0 Å². The van der Waals surface area contributed by atoms with Gasteiger partial charge in [0.25, 0.3) is 0 Å². The number of imidazole rings is 1. The van der Waals surface area contributed by atoms with Gasteiger partial charge < -0.3 is 15.4 Å². The number of rotatable bonds is 14. The minimum atomic E-state index is -0.281. The summed E-state index contributed by atoms with van der Waals surface area (Å²) < 4.78 is 21.3. The van der Waals surface area contributed by atoms with Crippen LogP contribution in [0.2, 0.25) is 0 Å². The van der Waals surface area contributed by atoms with Crippen molar-refractivity contribution in [2.24, 2.45) is 16.6 Å². The molecule has 0 spiro atoms. The topological polar surface area (TPSA) is 80.7 Å². The Morgan fingerprint density at radius 1 is 1.20 bits per heavy atom. The lowest BCUT2D eigenvalue weighted by molar-refractivity contribution is 0.396. The van der Waals surface area contributed by atoms with E-state index in [4.69, 9.17) is 15.5 Å². The summed E-state index contributed by atoms with van der Waals surface area (Å²) in [6.45, 7) is 9.02. The standard InChI is InChI=1S/C38H47FN6O/c1-5-6-23-44(25-30-9-7-27(2)8-10-30)26-33-17-20-36-43-37(31-13-15-32(39)16-14-31)38(45(33)36)35(40)21-22-41-28(3)42-24-29-11-18-34(46-4)19-12-29/h7,9-16,18-19,21-22,26-28,42H,5-6,8,17,20,23-25,40H2,1-4H3/b33-26+,35-21-,41-22-. The number of aryl methyl sites for hydroxylation is 1. The second kappa shape index (κ2) is 15.7. The van der Waals surface area contributed by atoms with E-state index in [0.717, 1.165) is 79.3 Å². The van der Waals surface area contributed by atoms with Gasteiger partial charge in [-0.05, 0) is 85.7 Å². The number of nitrogens with zero attached hydrogens (tertiary/aromatic N) is 4. The molecule has 0 fully saturated rings. The molecule has 2 heterocycles. The minimum absolute atomic E-state index is 0.118. The quantitative estimate of drug-likeness (QED) is 0.181. The molecule has 8 heteroatoms. The van der Waals surface area contributed by atoms with Crippen LogP contribution in [0.25, 0.3) is 22.7 Å². The number of allylic oxidation sites excluding steroid dienone is 4. The fraction of sp³-hybridized carbons (Fsp3) is 0.368. The first-order valence-corrected chi connectivity index (χ1v) is 16.4. The number of hydrogen-bond donors (Lipinski definition) is 2. The number of unbranched alkanes of at least 4 members (excludes halogenated alkanes) is 1. The smallest absolute Gasteiger partial charge is 0.123 e. The lowest BCUT2D eigenvalue weighted by atomic mass is 9.98. The number of nitrogens with two attached hydrogens (primary N) is 1. The summed E-state index contributed by atoms with van der Waals surface area (Å²) in [6, 6.07) is 14.4. The number of hydrogen-bond acceptors (Lipinski definition) is 6. The molecule has 1 aliphatic heterocycles. The van der Waals surface area contributed by atoms with Crippen molar-refractivity contribution in [3.8, 4) is 17.0 Å². The Labute approximate surface area is 273 Å². The highest BCUT2D eigenvalue weighted by Gasteiger charge is 2.27. The maximum atomic E-state index is 13.9. The van der Waals surface area contributed by atoms with Crippen LogP contribution in [-0.2, 0) is 13.0 Å². The van der Waals surface area contributed by atoms with E-state index in [2.05, 4.69) is 58.1 Å². The van der Waals surface area contributed by atoms with Gasteiger partial charge >= 0.3 is 0 Å². The summed E-state index contributed by atoms with van der Waals surface area (Å²) in [5, 5.41) is 3.42. The molecule has 1 aliphatic carbocycles. The van der Waals surface area contributed by atoms with Gasteiger partial charge in [-0.15, -0.1) is 0 Å². The van der Waals surface area contributed by atoms with Crippen molar-refractivity contribution in [1.82, 2.24) is 19.8 Å². The molecule has 2 aromatic carbocycles. The first-order valence-electron chi connectivity index (χ1n) is 16.4. The maximum Gasteiger partial charge on any atom is 0.123 e. The summed E-state index contributed by atoms with van der Waals surface area (Å²) >= 11 is 0. The van der Waals surface area contributed by atoms with Gasteiger partial charge in [0, 0.05) is 49.7 Å². The summed E-state index contributed by atoms with van der Waals surface area (Å²) in [5.41, 5.74) is 13.5. The third-order valence-electron chi connectivity index (χ3n) is 8.46. The zero-order valence-electron chi connectivity index (χ0n) is 27.5. The molecule has 0 radical (unpaired) electrons. The molecule has 3 aromatic rings. The van der Waals surface area contributed by atoms with Gasteiger partial charge in [0.2, 0.25) is 0 Å². The minimum Gasteiger partial charge on any atom is -0.497 e. The molecule has 0 bridgehead atoms. The summed E-state index contributed by atoms with van der Waals surface area (Å²) in [4.78, 5) is 12.1. The van der Waals surface area contributed by atoms with Crippen LogP contribution in [0.15, 0.2) is 89.6 Å². The molecule has 2 unspecified atom stereocenters.